The first-order valence-electron chi connectivity index (χ1n) is 9.07. The molecule has 7 nitrogen and oxygen atoms in total. The Kier molecular flexibility index (Phi) is 4.66. The van der Waals surface area contributed by atoms with Crippen LogP contribution >= 0.6 is 0 Å². The quantitative estimate of drug-likeness (QED) is 0.782. The Morgan fingerprint density at radius 2 is 1.86 bits per heavy atom. The lowest BCUT2D eigenvalue weighted by atomic mass is 10.1. The van der Waals surface area contributed by atoms with E-state index in [-0.39, 0.29) is 5.91 Å². The fourth-order valence-electron chi connectivity index (χ4n) is 3.60. The van der Waals surface area contributed by atoms with E-state index in [9.17, 15) is 13.2 Å². The Labute approximate surface area is 164 Å². The molecule has 0 bridgehead atoms. The van der Waals surface area contributed by atoms with Crippen molar-refractivity contribution < 1.29 is 22.7 Å². The molecule has 4 rings (SSSR count). The lowest BCUT2D eigenvalue weighted by Crippen LogP contribution is -2.28. The minimum atomic E-state index is -3.30. The van der Waals surface area contributed by atoms with E-state index in [1.807, 2.05) is 18.2 Å². The highest BCUT2D eigenvalue weighted by Crippen LogP contribution is 2.32. The lowest BCUT2D eigenvalue weighted by Gasteiger charge is -2.21. The second-order valence-corrected chi connectivity index (χ2v) is 8.97. The van der Waals surface area contributed by atoms with E-state index in [0.29, 0.717) is 49.7 Å². The highest BCUT2D eigenvalue weighted by atomic mass is 32.2. The van der Waals surface area contributed by atoms with Crippen LogP contribution in [0.5, 0.6) is 11.5 Å². The molecule has 0 spiro atoms. The van der Waals surface area contributed by atoms with Crippen molar-refractivity contribution in [2.75, 3.05) is 37.4 Å². The summed E-state index contributed by atoms with van der Waals surface area (Å²) in [5.74, 6) is 1.30. The smallest absolute Gasteiger partial charge is 0.253 e. The minimum absolute atomic E-state index is 0.115. The Hall–Kier alpha value is -2.74. The number of hydrogen-bond acceptors (Lipinski definition) is 5. The SMILES string of the molecule is CN(Cc1ccc2c(c1)OCCO2)C(=O)c1ccc2c(c1)CCN2S(C)(=O)=O. The topological polar surface area (TPSA) is 76.2 Å². The van der Waals surface area contributed by atoms with E-state index in [1.165, 1.54) is 10.6 Å². The van der Waals surface area contributed by atoms with E-state index in [0.717, 1.165) is 16.9 Å². The first-order chi connectivity index (χ1) is 13.3. The zero-order chi connectivity index (χ0) is 19.9. The lowest BCUT2D eigenvalue weighted by molar-refractivity contribution is 0.0784. The van der Waals surface area contributed by atoms with Gasteiger partial charge in [0.15, 0.2) is 11.5 Å². The number of ether oxygens (including phenoxy) is 2. The summed E-state index contributed by atoms with van der Waals surface area (Å²) in [6.07, 6.45) is 1.80. The molecule has 0 aromatic heterocycles. The van der Waals surface area contributed by atoms with Crippen molar-refractivity contribution in [3.05, 3.63) is 53.1 Å². The van der Waals surface area contributed by atoms with E-state index in [2.05, 4.69) is 0 Å². The number of benzene rings is 2. The summed E-state index contributed by atoms with van der Waals surface area (Å²) in [6, 6.07) is 10.9. The number of amides is 1. The third-order valence-corrected chi connectivity index (χ3v) is 6.13. The molecular weight excluding hydrogens is 380 g/mol. The van der Waals surface area contributed by atoms with E-state index < -0.39 is 10.0 Å². The standard InChI is InChI=1S/C20H22N2O5S/c1-21(13-14-3-6-18-19(11-14)27-10-9-26-18)20(23)16-4-5-17-15(12-16)7-8-22(17)28(2,24)25/h3-6,11-12H,7-10,13H2,1-2H3. The third kappa shape index (κ3) is 3.52. The normalized spacial score (nSPS) is 15.3. The van der Waals surface area contributed by atoms with Gasteiger partial charge >= 0.3 is 0 Å². The van der Waals surface area contributed by atoms with Crippen LogP contribution in [-0.2, 0) is 23.0 Å². The maximum atomic E-state index is 12.9. The molecule has 2 heterocycles. The van der Waals surface area contributed by atoms with Crippen LogP contribution < -0.4 is 13.8 Å². The van der Waals surface area contributed by atoms with Gasteiger partial charge in [-0.15, -0.1) is 0 Å². The monoisotopic (exact) mass is 402 g/mol. The van der Waals surface area contributed by atoms with Crippen molar-refractivity contribution in [2.24, 2.45) is 0 Å². The molecule has 148 valence electrons. The van der Waals surface area contributed by atoms with Crippen LogP contribution in [0.3, 0.4) is 0 Å². The maximum absolute atomic E-state index is 12.9. The molecule has 8 heteroatoms. The molecule has 0 aliphatic carbocycles. The molecule has 2 aliphatic rings. The van der Waals surface area contributed by atoms with Gasteiger partial charge in [-0.3, -0.25) is 9.10 Å². The summed E-state index contributed by atoms with van der Waals surface area (Å²) >= 11 is 0. The van der Waals surface area contributed by atoms with Gasteiger partial charge in [0, 0.05) is 25.7 Å². The molecule has 0 fully saturated rings. The zero-order valence-corrected chi connectivity index (χ0v) is 16.7. The molecular formula is C20H22N2O5S. The first-order valence-corrected chi connectivity index (χ1v) is 10.9. The van der Waals surface area contributed by atoms with Gasteiger partial charge in [0.05, 0.1) is 11.9 Å². The van der Waals surface area contributed by atoms with E-state index in [4.69, 9.17) is 9.47 Å². The molecule has 0 unspecified atom stereocenters. The van der Waals surface area contributed by atoms with Gasteiger partial charge in [0.1, 0.15) is 13.2 Å². The molecule has 28 heavy (non-hydrogen) atoms. The van der Waals surface area contributed by atoms with E-state index in [1.54, 1.807) is 30.1 Å². The predicted octanol–water partition coefficient (Wildman–Crippen LogP) is 2.05. The largest absolute Gasteiger partial charge is 0.486 e. The van der Waals surface area contributed by atoms with E-state index >= 15 is 0 Å². The molecule has 2 aliphatic heterocycles. The van der Waals surface area contributed by atoms with Crippen LogP contribution in [0.25, 0.3) is 0 Å². The van der Waals surface area contributed by atoms with Crippen molar-refractivity contribution in [2.45, 2.75) is 13.0 Å². The highest BCUT2D eigenvalue weighted by molar-refractivity contribution is 7.92. The molecule has 2 aromatic carbocycles. The number of fused-ring (bicyclic) bond motifs is 2. The average Bonchev–Trinajstić information content (AvgIpc) is 3.11. The molecule has 0 saturated heterocycles. The summed E-state index contributed by atoms with van der Waals surface area (Å²) < 4.78 is 36.2. The predicted molar refractivity (Wildman–Crippen MR) is 106 cm³/mol. The average molecular weight is 402 g/mol. The van der Waals surface area contributed by atoms with Crippen LogP contribution in [0.1, 0.15) is 21.5 Å². The van der Waals surface area contributed by atoms with Crippen molar-refractivity contribution in [1.82, 2.24) is 4.90 Å². The number of rotatable bonds is 4. The van der Waals surface area contributed by atoms with Gasteiger partial charge < -0.3 is 14.4 Å². The Balaban J connectivity index is 1.50. The summed E-state index contributed by atoms with van der Waals surface area (Å²) in [6.45, 7) is 1.91. The van der Waals surface area contributed by atoms with Crippen LogP contribution in [0.2, 0.25) is 0 Å². The molecule has 0 N–H and O–H groups in total. The Morgan fingerprint density at radius 1 is 1.11 bits per heavy atom. The number of sulfonamides is 1. The summed E-state index contributed by atoms with van der Waals surface area (Å²) in [4.78, 5) is 14.5. The fourth-order valence-corrected chi connectivity index (χ4v) is 4.56. The Bertz CT molecular complexity index is 1030. The maximum Gasteiger partial charge on any atom is 0.253 e. The summed E-state index contributed by atoms with van der Waals surface area (Å²) in [5, 5.41) is 0. The minimum Gasteiger partial charge on any atom is -0.486 e. The molecule has 2 aromatic rings. The molecule has 0 radical (unpaired) electrons. The van der Waals surface area contributed by atoms with Gasteiger partial charge in [0.25, 0.3) is 5.91 Å². The second-order valence-electron chi connectivity index (χ2n) is 7.07. The van der Waals surface area contributed by atoms with Gasteiger partial charge in [-0.1, -0.05) is 6.07 Å². The molecule has 0 saturated carbocycles. The number of hydrogen-bond donors (Lipinski definition) is 0. The molecule has 1 amide bonds. The van der Waals surface area contributed by atoms with Gasteiger partial charge in [-0.2, -0.15) is 0 Å². The number of carbonyl (C=O) groups excluding carboxylic acids is 1. The second kappa shape index (κ2) is 7.01. The van der Waals surface area contributed by atoms with Crippen LogP contribution in [0.15, 0.2) is 36.4 Å². The van der Waals surface area contributed by atoms with Crippen molar-refractivity contribution in [3.8, 4) is 11.5 Å². The molecule has 0 atom stereocenters. The van der Waals surface area contributed by atoms with Gasteiger partial charge in [-0.25, -0.2) is 8.42 Å². The zero-order valence-electron chi connectivity index (χ0n) is 15.8. The van der Waals surface area contributed by atoms with Crippen molar-refractivity contribution in [1.29, 1.82) is 0 Å². The number of anilines is 1. The van der Waals surface area contributed by atoms with Gasteiger partial charge in [0.2, 0.25) is 10.0 Å². The summed E-state index contributed by atoms with van der Waals surface area (Å²) in [5.41, 5.74) is 3.04. The first kappa shape index (κ1) is 18.6. The van der Waals surface area contributed by atoms with Crippen LogP contribution in [0.4, 0.5) is 5.69 Å². The van der Waals surface area contributed by atoms with Crippen LogP contribution in [0, 0.1) is 0 Å². The highest BCUT2D eigenvalue weighted by Gasteiger charge is 2.27. The van der Waals surface area contributed by atoms with Crippen molar-refractivity contribution in [3.63, 3.8) is 0 Å². The number of nitrogens with zero attached hydrogens (tertiary/aromatic N) is 2. The fraction of sp³-hybridized carbons (Fsp3) is 0.350. The Morgan fingerprint density at radius 3 is 2.61 bits per heavy atom. The van der Waals surface area contributed by atoms with Crippen molar-refractivity contribution >= 4 is 21.6 Å². The summed E-state index contributed by atoms with van der Waals surface area (Å²) in [7, 11) is -1.55. The van der Waals surface area contributed by atoms with Crippen LogP contribution in [-0.4, -0.2) is 52.3 Å². The third-order valence-electron chi connectivity index (χ3n) is 4.95. The van der Waals surface area contributed by atoms with Gasteiger partial charge in [-0.05, 0) is 47.9 Å². The number of carbonyl (C=O) groups is 1.